The van der Waals surface area contributed by atoms with Crippen molar-refractivity contribution in [3.63, 3.8) is 0 Å². The molecule has 0 saturated carbocycles. The van der Waals surface area contributed by atoms with Gasteiger partial charge in [0.1, 0.15) is 0 Å². The van der Waals surface area contributed by atoms with Gasteiger partial charge in [-0.3, -0.25) is 4.79 Å². The van der Waals surface area contributed by atoms with Gasteiger partial charge in [-0.25, -0.2) is 9.78 Å². The molecular weight excluding hydrogens is 210 g/mol. The molecule has 6 heteroatoms. The van der Waals surface area contributed by atoms with Crippen LogP contribution in [0.15, 0.2) is 6.33 Å². The van der Waals surface area contributed by atoms with Crippen LogP contribution in [-0.2, 0) is 0 Å². The van der Waals surface area contributed by atoms with Crippen molar-refractivity contribution in [2.45, 2.75) is 20.8 Å². The van der Waals surface area contributed by atoms with Crippen LogP contribution in [0.5, 0.6) is 0 Å². The van der Waals surface area contributed by atoms with Crippen LogP contribution in [0.1, 0.15) is 41.7 Å². The number of imidazole rings is 1. The maximum absolute atomic E-state index is 11.6. The molecule has 0 atom stereocenters. The van der Waals surface area contributed by atoms with Crippen molar-refractivity contribution in [1.82, 2.24) is 15.3 Å². The van der Waals surface area contributed by atoms with Crippen molar-refractivity contribution in [2.75, 3.05) is 6.54 Å². The van der Waals surface area contributed by atoms with Gasteiger partial charge < -0.3 is 15.4 Å². The SMILES string of the molecule is CC(C)(C)CNC(=O)c1nc[nH]c1C(=O)O. The number of carbonyl (C=O) groups excluding carboxylic acids is 1. The molecule has 0 aliphatic rings. The zero-order valence-corrected chi connectivity index (χ0v) is 9.50. The number of hydrogen-bond donors (Lipinski definition) is 3. The number of H-pyrrole nitrogens is 1. The molecule has 0 fully saturated rings. The van der Waals surface area contributed by atoms with Crippen molar-refractivity contribution in [1.29, 1.82) is 0 Å². The van der Waals surface area contributed by atoms with Crippen molar-refractivity contribution in [3.8, 4) is 0 Å². The van der Waals surface area contributed by atoms with Crippen LogP contribution in [0.3, 0.4) is 0 Å². The lowest BCUT2D eigenvalue weighted by Crippen LogP contribution is -2.33. The minimum atomic E-state index is -1.20. The predicted octanol–water partition coefficient (Wildman–Crippen LogP) is 0.884. The van der Waals surface area contributed by atoms with Gasteiger partial charge in [0, 0.05) is 6.54 Å². The largest absolute Gasteiger partial charge is 0.477 e. The first-order valence-electron chi connectivity index (χ1n) is 4.86. The van der Waals surface area contributed by atoms with E-state index < -0.39 is 11.9 Å². The Labute approximate surface area is 93.1 Å². The van der Waals surface area contributed by atoms with Crippen LogP contribution in [0.2, 0.25) is 0 Å². The number of rotatable bonds is 3. The van der Waals surface area contributed by atoms with Crippen LogP contribution >= 0.6 is 0 Å². The fraction of sp³-hybridized carbons (Fsp3) is 0.500. The molecule has 1 rings (SSSR count). The highest BCUT2D eigenvalue weighted by molar-refractivity contribution is 6.02. The third-order valence-corrected chi connectivity index (χ3v) is 1.85. The molecule has 0 radical (unpaired) electrons. The van der Waals surface area contributed by atoms with Gasteiger partial charge in [-0.05, 0) is 5.41 Å². The van der Waals surface area contributed by atoms with Crippen molar-refractivity contribution < 1.29 is 14.7 Å². The Balaban J connectivity index is 2.74. The van der Waals surface area contributed by atoms with E-state index >= 15 is 0 Å². The Bertz CT molecular complexity index is 404. The second-order valence-corrected chi connectivity index (χ2v) is 4.67. The van der Waals surface area contributed by atoms with Crippen LogP contribution in [0.4, 0.5) is 0 Å². The number of aromatic nitrogens is 2. The number of amides is 1. The molecular formula is C10H15N3O3. The smallest absolute Gasteiger partial charge is 0.354 e. The molecule has 0 aliphatic heterocycles. The van der Waals surface area contributed by atoms with Crippen molar-refractivity contribution >= 4 is 11.9 Å². The normalized spacial score (nSPS) is 11.2. The molecule has 3 N–H and O–H groups in total. The monoisotopic (exact) mass is 225 g/mol. The molecule has 1 aromatic heterocycles. The Hall–Kier alpha value is -1.85. The summed E-state index contributed by atoms with van der Waals surface area (Å²) < 4.78 is 0. The van der Waals surface area contributed by atoms with Crippen LogP contribution in [-0.4, -0.2) is 33.5 Å². The number of carbonyl (C=O) groups is 2. The van der Waals surface area contributed by atoms with Gasteiger partial charge in [0.05, 0.1) is 6.33 Å². The van der Waals surface area contributed by atoms with Gasteiger partial charge in [-0.2, -0.15) is 0 Å². The topological polar surface area (TPSA) is 95.1 Å². The van der Waals surface area contributed by atoms with Gasteiger partial charge >= 0.3 is 5.97 Å². The number of nitrogens with zero attached hydrogens (tertiary/aromatic N) is 1. The number of carboxylic acid groups (broad SMARTS) is 1. The summed E-state index contributed by atoms with van der Waals surface area (Å²) in [6, 6.07) is 0. The number of aromatic amines is 1. The summed E-state index contributed by atoms with van der Waals surface area (Å²) in [6.07, 6.45) is 1.19. The third kappa shape index (κ3) is 3.08. The van der Waals surface area contributed by atoms with Crippen LogP contribution < -0.4 is 5.32 Å². The Kier molecular flexibility index (Phi) is 3.31. The first-order valence-corrected chi connectivity index (χ1v) is 4.86. The van der Waals surface area contributed by atoms with Gasteiger partial charge in [-0.1, -0.05) is 20.8 Å². The molecule has 0 saturated heterocycles. The second kappa shape index (κ2) is 4.34. The molecule has 1 heterocycles. The number of hydrogen-bond acceptors (Lipinski definition) is 3. The number of nitrogens with one attached hydrogen (secondary N) is 2. The van der Waals surface area contributed by atoms with E-state index in [4.69, 9.17) is 5.11 Å². The van der Waals surface area contributed by atoms with E-state index in [9.17, 15) is 9.59 Å². The standard InChI is InChI=1S/C10H15N3O3/c1-10(2,3)4-11-8(14)6-7(9(15)16)13-5-12-6/h5H,4H2,1-3H3,(H,11,14)(H,12,13)(H,15,16). The molecule has 6 nitrogen and oxygen atoms in total. The van der Waals surface area contributed by atoms with Crippen LogP contribution in [0.25, 0.3) is 0 Å². The highest BCUT2D eigenvalue weighted by atomic mass is 16.4. The quantitative estimate of drug-likeness (QED) is 0.711. The lowest BCUT2D eigenvalue weighted by Gasteiger charge is -2.18. The van der Waals surface area contributed by atoms with Gasteiger partial charge in [0.25, 0.3) is 5.91 Å². The summed E-state index contributed by atoms with van der Waals surface area (Å²) in [6.45, 7) is 6.36. The molecule has 16 heavy (non-hydrogen) atoms. The van der Waals surface area contributed by atoms with Crippen molar-refractivity contribution in [2.24, 2.45) is 5.41 Å². The highest BCUT2D eigenvalue weighted by Crippen LogP contribution is 2.11. The zero-order valence-electron chi connectivity index (χ0n) is 9.50. The molecule has 1 aromatic rings. The van der Waals surface area contributed by atoms with E-state index in [1.54, 1.807) is 0 Å². The fourth-order valence-electron chi connectivity index (χ4n) is 1.06. The molecule has 0 unspecified atom stereocenters. The van der Waals surface area contributed by atoms with E-state index in [1.165, 1.54) is 6.33 Å². The predicted molar refractivity (Wildman–Crippen MR) is 57.3 cm³/mol. The van der Waals surface area contributed by atoms with Crippen LogP contribution in [0, 0.1) is 5.41 Å². The third-order valence-electron chi connectivity index (χ3n) is 1.85. The number of aromatic carboxylic acids is 1. The Morgan fingerprint density at radius 1 is 1.50 bits per heavy atom. The molecule has 0 aromatic carbocycles. The molecule has 0 spiro atoms. The minimum Gasteiger partial charge on any atom is -0.477 e. The zero-order chi connectivity index (χ0) is 12.3. The van der Waals surface area contributed by atoms with E-state index in [-0.39, 0.29) is 16.8 Å². The highest BCUT2D eigenvalue weighted by Gasteiger charge is 2.20. The molecule has 0 bridgehead atoms. The van der Waals surface area contributed by atoms with Gasteiger partial charge in [0.15, 0.2) is 11.4 Å². The summed E-state index contributed by atoms with van der Waals surface area (Å²) in [4.78, 5) is 28.5. The first-order chi connectivity index (χ1) is 7.31. The molecule has 0 aliphatic carbocycles. The van der Waals surface area contributed by atoms with Crippen molar-refractivity contribution in [3.05, 3.63) is 17.7 Å². The summed E-state index contributed by atoms with van der Waals surface area (Å²) >= 11 is 0. The first kappa shape index (κ1) is 12.2. The average Bonchev–Trinajstić information content (AvgIpc) is 2.61. The average molecular weight is 225 g/mol. The minimum absolute atomic E-state index is 0.0602. The Morgan fingerprint density at radius 3 is 2.62 bits per heavy atom. The summed E-state index contributed by atoms with van der Waals surface area (Å²) in [5.41, 5.74) is -0.335. The lowest BCUT2D eigenvalue weighted by molar-refractivity contribution is 0.0684. The summed E-state index contributed by atoms with van der Waals surface area (Å²) in [5.74, 6) is -1.67. The number of carboxylic acids is 1. The molecule has 1 amide bonds. The fourth-order valence-corrected chi connectivity index (χ4v) is 1.06. The maximum atomic E-state index is 11.6. The lowest BCUT2D eigenvalue weighted by atomic mass is 9.97. The summed E-state index contributed by atoms with van der Waals surface area (Å²) in [5, 5.41) is 11.4. The van der Waals surface area contributed by atoms with Gasteiger partial charge in [0.2, 0.25) is 0 Å². The second-order valence-electron chi connectivity index (χ2n) is 4.67. The summed E-state index contributed by atoms with van der Waals surface area (Å²) in [7, 11) is 0. The van der Waals surface area contributed by atoms with E-state index in [0.29, 0.717) is 6.54 Å². The Morgan fingerprint density at radius 2 is 2.12 bits per heavy atom. The van der Waals surface area contributed by atoms with E-state index in [1.807, 2.05) is 20.8 Å². The van der Waals surface area contributed by atoms with E-state index in [2.05, 4.69) is 15.3 Å². The maximum Gasteiger partial charge on any atom is 0.354 e. The van der Waals surface area contributed by atoms with E-state index in [0.717, 1.165) is 0 Å². The molecule has 88 valence electrons. The van der Waals surface area contributed by atoms with Gasteiger partial charge in [-0.15, -0.1) is 0 Å².